The molecule has 16 nitrogen and oxygen atoms in total. The molecule has 4 aromatic rings. The zero-order valence-corrected chi connectivity index (χ0v) is 22.1. The van der Waals surface area contributed by atoms with Crippen molar-refractivity contribution in [3.05, 3.63) is 58.3 Å². The van der Waals surface area contributed by atoms with Gasteiger partial charge in [0.25, 0.3) is 0 Å². The number of carbonyl (C=O) groups excluding carboxylic acids is 1. The lowest BCUT2D eigenvalue weighted by Gasteiger charge is -2.41. The van der Waals surface area contributed by atoms with E-state index in [2.05, 4.69) is 0 Å². The van der Waals surface area contributed by atoms with Crippen LogP contribution in [0.1, 0.15) is 10.4 Å². The monoisotopic (exact) mass is 616 g/mol. The summed E-state index contributed by atoms with van der Waals surface area (Å²) in [7, 11) is 0. The van der Waals surface area contributed by atoms with E-state index in [1.807, 2.05) is 0 Å². The molecule has 1 aromatic heterocycles. The molecule has 5 atom stereocenters. The highest BCUT2D eigenvalue weighted by Crippen LogP contribution is 2.40. The van der Waals surface area contributed by atoms with Crippen molar-refractivity contribution in [3.8, 4) is 57.3 Å². The van der Waals surface area contributed by atoms with E-state index in [1.165, 1.54) is 6.07 Å². The molecule has 0 aliphatic carbocycles. The molecule has 16 heteroatoms. The van der Waals surface area contributed by atoms with Gasteiger partial charge in [0.05, 0.1) is 17.6 Å². The van der Waals surface area contributed by atoms with Crippen molar-refractivity contribution < 1.29 is 74.5 Å². The van der Waals surface area contributed by atoms with Gasteiger partial charge in [0.1, 0.15) is 24.1 Å². The summed E-state index contributed by atoms with van der Waals surface area (Å²) in [5.41, 5.74) is -2.10. The Balaban J connectivity index is 1.63. The molecule has 2 heterocycles. The number of aliphatic hydroxyl groups is 3. The Bertz CT molecular complexity index is 1790. The summed E-state index contributed by atoms with van der Waals surface area (Å²) in [5.74, 6) is -7.68. The summed E-state index contributed by atoms with van der Waals surface area (Å²) in [6, 6.07) is 6.48. The second-order valence-electron chi connectivity index (χ2n) is 9.69. The molecule has 44 heavy (non-hydrogen) atoms. The van der Waals surface area contributed by atoms with Gasteiger partial charge in [0.15, 0.2) is 51.9 Å². The van der Waals surface area contributed by atoms with Crippen molar-refractivity contribution in [2.45, 2.75) is 30.7 Å². The molecule has 5 rings (SSSR count). The average molecular weight is 616 g/mol. The van der Waals surface area contributed by atoms with Crippen molar-refractivity contribution >= 4 is 16.9 Å². The van der Waals surface area contributed by atoms with E-state index >= 15 is 0 Å². The molecule has 0 bridgehead atoms. The van der Waals surface area contributed by atoms with Gasteiger partial charge < -0.3 is 69.7 Å². The Hall–Kier alpha value is -5.42. The minimum Gasteiger partial charge on any atom is -0.508 e. The fourth-order valence-corrected chi connectivity index (χ4v) is 4.52. The minimum absolute atomic E-state index is 0.0968. The Morgan fingerprint density at radius 2 is 1.50 bits per heavy atom. The van der Waals surface area contributed by atoms with Crippen molar-refractivity contribution in [2.75, 3.05) is 6.61 Å². The van der Waals surface area contributed by atoms with E-state index in [9.17, 15) is 60.7 Å². The second-order valence-corrected chi connectivity index (χ2v) is 9.69. The molecule has 1 aliphatic rings. The summed E-state index contributed by atoms with van der Waals surface area (Å²) in [5, 5.41) is 99.9. The first-order chi connectivity index (χ1) is 20.8. The fraction of sp³-hybridized carbons (Fsp3) is 0.214. The number of rotatable bonds is 6. The first kappa shape index (κ1) is 30.1. The summed E-state index contributed by atoms with van der Waals surface area (Å²) in [4.78, 5) is 26.6. The smallest absolute Gasteiger partial charge is 0.339 e. The highest BCUT2D eigenvalue weighted by molar-refractivity contribution is 5.91. The Labute approximate surface area is 244 Å². The fourth-order valence-electron chi connectivity index (χ4n) is 4.52. The molecule has 10 N–H and O–H groups in total. The Kier molecular flexibility index (Phi) is 7.75. The number of phenols is 7. The standard InChI is InChI=1S/C28H24O16/c29-8-18-21(38)22(39)26(43-27(40)10-4-15(33)20(37)16(34)5-10)28(41-18)44-25-19(36)12-6-11(30)7-17(35)24(12)42-23(25)9-1-2-13(31)14(32)3-9/h1-7,18,21-22,26,28-35,37-39H,8H2. The number of carbonyl (C=O) groups is 1. The largest absolute Gasteiger partial charge is 0.508 e. The van der Waals surface area contributed by atoms with Gasteiger partial charge in [0.2, 0.25) is 17.5 Å². The lowest BCUT2D eigenvalue weighted by atomic mass is 9.99. The average Bonchev–Trinajstić information content (AvgIpc) is 2.98. The Morgan fingerprint density at radius 1 is 0.818 bits per heavy atom. The summed E-state index contributed by atoms with van der Waals surface area (Å²) >= 11 is 0. The molecule has 5 unspecified atom stereocenters. The number of benzene rings is 3. The van der Waals surface area contributed by atoms with Crippen LogP contribution in [0.5, 0.6) is 46.0 Å². The third kappa shape index (κ3) is 5.29. The summed E-state index contributed by atoms with van der Waals surface area (Å²) < 4.78 is 22.3. The number of hydrogen-bond acceptors (Lipinski definition) is 16. The van der Waals surface area contributed by atoms with Gasteiger partial charge in [-0.2, -0.15) is 0 Å². The quantitative estimate of drug-likeness (QED) is 0.104. The van der Waals surface area contributed by atoms with Crippen LogP contribution in [0.25, 0.3) is 22.3 Å². The van der Waals surface area contributed by atoms with Crippen molar-refractivity contribution in [1.29, 1.82) is 0 Å². The van der Waals surface area contributed by atoms with Crippen LogP contribution in [0.2, 0.25) is 0 Å². The first-order valence-electron chi connectivity index (χ1n) is 12.6. The van der Waals surface area contributed by atoms with Gasteiger partial charge in [-0.3, -0.25) is 4.79 Å². The van der Waals surface area contributed by atoms with Crippen LogP contribution < -0.4 is 10.2 Å². The summed E-state index contributed by atoms with van der Waals surface area (Å²) in [6.07, 6.45) is -9.42. The third-order valence-corrected chi connectivity index (χ3v) is 6.76. The van der Waals surface area contributed by atoms with Crippen LogP contribution in [-0.2, 0) is 9.47 Å². The molecule has 0 radical (unpaired) electrons. The van der Waals surface area contributed by atoms with E-state index in [0.717, 1.165) is 36.4 Å². The second kappa shape index (κ2) is 11.3. The predicted molar refractivity (Wildman–Crippen MR) is 144 cm³/mol. The van der Waals surface area contributed by atoms with E-state index < -0.39 is 117 Å². The number of esters is 1. The molecular formula is C28H24O16. The molecular weight excluding hydrogens is 592 g/mol. The van der Waals surface area contributed by atoms with Crippen LogP contribution in [-0.4, -0.2) is 94.3 Å². The van der Waals surface area contributed by atoms with Gasteiger partial charge in [0, 0.05) is 11.6 Å². The zero-order chi connectivity index (χ0) is 32.0. The Morgan fingerprint density at radius 3 is 2.14 bits per heavy atom. The maximum Gasteiger partial charge on any atom is 0.339 e. The van der Waals surface area contributed by atoms with Gasteiger partial charge in [-0.25, -0.2) is 4.79 Å². The van der Waals surface area contributed by atoms with Gasteiger partial charge in [-0.05, 0) is 36.4 Å². The topological polar surface area (TPSA) is 277 Å². The molecule has 3 aromatic carbocycles. The van der Waals surface area contributed by atoms with E-state index in [-0.39, 0.29) is 5.56 Å². The molecule has 0 amide bonds. The van der Waals surface area contributed by atoms with Crippen molar-refractivity contribution in [1.82, 2.24) is 0 Å². The van der Waals surface area contributed by atoms with Gasteiger partial charge >= 0.3 is 5.97 Å². The highest BCUT2D eigenvalue weighted by Gasteiger charge is 2.48. The van der Waals surface area contributed by atoms with Crippen LogP contribution >= 0.6 is 0 Å². The van der Waals surface area contributed by atoms with Crippen LogP contribution in [0.15, 0.2) is 51.7 Å². The SMILES string of the molecule is O=C(OC1C(Oc2c(-c3ccc(O)c(O)c3)oc3c(O)cc(O)cc3c2=O)OC(CO)C(O)C1O)c1cc(O)c(O)c(O)c1. The third-order valence-electron chi connectivity index (χ3n) is 6.76. The van der Waals surface area contributed by atoms with Crippen molar-refractivity contribution in [2.24, 2.45) is 0 Å². The van der Waals surface area contributed by atoms with E-state index in [4.69, 9.17) is 18.6 Å². The van der Waals surface area contributed by atoms with Crippen LogP contribution in [0.3, 0.4) is 0 Å². The maximum absolute atomic E-state index is 13.7. The lowest BCUT2D eigenvalue weighted by Crippen LogP contribution is -2.61. The maximum atomic E-state index is 13.7. The molecule has 1 fully saturated rings. The predicted octanol–water partition coefficient (Wildman–Crippen LogP) is 0.443. The number of aromatic hydroxyl groups is 7. The van der Waals surface area contributed by atoms with Crippen molar-refractivity contribution in [3.63, 3.8) is 0 Å². The van der Waals surface area contributed by atoms with Crippen LogP contribution in [0, 0.1) is 0 Å². The van der Waals surface area contributed by atoms with Gasteiger partial charge in [-0.15, -0.1) is 0 Å². The van der Waals surface area contributed by atoms with Crippen LogP contribution in [0.4, 0.5) is 0 Å². The number of hydrogen-bond donors (Lipinski definition) is 10. The minimum atomic E-state index is -2.03. The molecule has 0 spiro atoms. The molecule has 232 valence electrons. The van der Waals surface area contributed by atoms with Gasteiger partial charge in [-0.1, -0.05) is 0 Å². The molecule has 1 saturated heterocycles. The lowest BCUT2D eigenvalue weighted by molar-refractivity contribution is -0.276. The van der Waals surface area contributed by atoms with E-state index in [1.54, 1.807) is 0 Å². The first-order valence-corrected chi connectivity index (χ1v) is 12.6. The number of aliphatic hydroxyl groups excluding tert-OH is 3. The van der Waals surface area contributed by atoms with E-state index in [0.29, 0.717) is 0 Å². The number of ether oxygens (including phenoxy) is 3. The summed E-state index contributed by atoms with van der Waals surface area (Å²) in [6.45, 7) is -0.884. The molecule has 0 saturated carbocycles. The molecule has 1 aliphatic heterocycles. The number of fused-ring (bicyclic) bond motifs is 1. The normalized spacial score (nSPS) is 21.7. The zero-order valence-electron chi connectivity index (χ0n) is 22.1. The highest BCUT2D eigenvalue weighted by atomic mass is 16.7. The number of phenolic OH excluding ortho intramolecular Hbond substituents is 7.